The van der Waals surface area contributed by atoms with Crippen LogP contribution >= 0.6 is 0 Å². The second-order valence-corrected chi connectivity index (χ2v) is 10.1. The Morgan fingerprint density at radius 3 is 2.21 bits per heavy atom. The number of likely N-dealkylation sites (N-methyl/N-ethyl adjacent to an activating group) is 1. The van der Waals surface area contributed by atoms with Gasteiger partial charge in [0.2, 0.25) is 5.91 Å². The van der Waals surface area contributed by atoms with Crippen molar-refractivity contribution in [3.8, 4) is 0 Å². The Bertz CT molecular complexity index is 687. The van der Waals surface area contributed by atoms with Gasteiger partial charge in [0.15, 0.2) is 0 Å². The quantitative estimate of drug-likeness (QED) is 0.822. The Morgan fingerprint density at radius 1 is 1.00 bits per heavy atom. The first kappa shape index (κ1) is 18.5. The Morgan fingerprint density at radius 2 is 1.61 bits per heavy atom. The fourth-order valence-corrected chi connectivity index (χ4v) is 7.20. The van der Waals surface area contributed by atoms with Gasteiger partial charge in [-0.25, -0.2) is 0 Å². The normalized spacial score (nSPS) is 34.6. The number of para-hydroxylation sites is 2. The van der Waals surface area contributed by atoms with Crippen LogP contribution in [0.4, 0.5) is 11.4 Å². The lowest BCUT2D eigenvalue weighted by Crippen LogP contribution is -2.47. The van der Waals surface area contributed by atoms with Crippen LogP contribution in [-0.2, 0) is 4.79 Å². The van der Waals surface area contributed by atoms with Crippen molar-refractivity contribution in [3.63, 3.8) is 0 Å². The fraction of sp³-hybridized carbons (Fsp3) is 0.708. The molecule has 4 bridgehead atoms. The number of amides is 1. The van der Waals surface area contributed by atoms with E-state index < -0.39 is 0 Å². The third kappa shape index (κ3) is 3.56. The zero-order chi connectivity index (χ0) is 19.1. The molecule has 4 aliphatic carbocycles. The third-order valence-electron chi connectivity index (χ3n) is 8.04. The minimum Gasteiger partial charge on any atom is -0.367 e. The predicted molar refractivity (Wildman–Crippen MR) is 115 cm³/mol. The lowest BCUT2D eigenvalue weighted by atomic mass is 9.49. The van der Waals surface area contributed by atoms with E-state index in [1.165, 1.54) is 44.2 Å². The summed E-state index contributed by atoms with van der Waals surface area (Å²) in [6, 6.07) is 8.39. The predicted octanol–water partition coefficient (Wildman–Crippen LogP) is 4.37. The molecule has 1 aromatic carbocycles. The number of hydrogen-bond acceptors (Lipinski definition) is 3. The maximum absolute atomic E-state index is 13.1. The number of anilines is 2. The zero-order valence-electron chi connectivity index (χ0n) is 17.3. The molecule has 0 atom stereocenters. The van der Waals surface area contributed by atoms with Crippen molar-refractivity contribution in [2.75, 3.05) is 42.9 Å². The van der Waals surface area contributed by atoms with Crippen molar-refractivity contribution >= 4 is 17.3 Å². The number of benzene rings is 1. The second kappa shape index (κ2) is 7.37. The van der Waals surface area contributed by atoms with Gasteiger partial charge in [-0.1, -0.05) is 19.1 Å². The highest BCUT2D eigenvalue weighted by atomic mass is 16.1. The van der Waals surface area contributed by atoms with Crippen LogP contribution in [0.2, 0.25) is 0 Å². The lowest BCUT2D eigenvalue weighted by Gasteiger charge is -2.56. The van der Waals surface area contributed by atoms with Crippen molar-refractivity contribution in [1.29, 1.82) is 0 Å². The van der Waals surface area contributed by atoms with Crippen LogP contribution in [0.15, 0.2) is 24.3 Å². The first-order valence-electron chi connectivity index (χ1n) is 11.5. The summed E-state index contributed by atoms with van der Waals surface area (Å²) < 4.78 is 0. The van der Waals surface area contributed by atoms with E-state index in [9.17, 15) is 4.79 Å². The highest BCUT2D eigenvalue weighted by Gasteiger charge is 2.51. The van der Waals surface area contributed by atoms with Crippen LogP contribution in [-0.4, -0.2) is 43.5 Å². The molecule has 0 spiro atoms. The minimum absolute atomic E-state index is 0.238. The van der Waals surface area contributed by atoms with Gasteiger partial charge in [0.05, 0.1) is 11.4 Å². The largest absolute Gasteiger partial charge is 0.367 e. The summed E-state index contributed by atoms with van der Waals surface area (Å²) in [5.41, 5.74) is 2.50. The Labute approximate surface area is 169 Å². The molecule has 1 N–H and O–H groups in total. The molecule has 1 aromatic rings. The maximum Gasteiger partial charge on any atom is 0.224 e. The van der Waals surface area contributed by atoms with Crippen molar-refractivity contribution in [2.45, 2.75) is 51.9 Å². The average molecular weight is 382 g/mol. The van der Waals surface area contributed by atoms with E-state index in [2.05, 4.69) is 40.2 Å². The molecule has 152 valence electrons. The van der Waals surface area contributed by atoms with Gasteiger partial charge in [-0.2, -0.15) is 0 Å². The molecule has 1 aliphatic heterocycles. The van der Waals surface area contributed by atoms with Gasteiger partial charge in [-0.05, 0) is 80.4 Å². The number of hydrogen-bond donors (Lipinski definition) is 1. The van der Waals surface area contributed by atoms with E-state index >= 15 is 0 Å². The molecule has 28 heavy (non-hydrogen) atoms. The van der Waals surface area contributed by atoms with E-state index in [1.54, 1.807) is 0 Å². The zero-order valence-corrected chi connectivity index (χ0v) is 17.3. The highest BCUT2D eigenvalue weighted by molar-refractivity contribution is 5.94. The molecule has 1 saturated heterocycles. The summed E-state index contributed by atoms with van der Waals surface area (Å²) in [6.07, 6.45) is 8.94. The first-order valence-corrected chi connectivity index (χ1v) is 11.5. The Balaban J connectivity index is 1.26. The SMILES string of the molecule is CCN1CCN(c2ccccc2NC(=O)CC23CC4CC(CC(C4)C2)C3)CC1. The van der Waals surface area contributed by atoms with Crippen LogP contribution in [0.25, 0.3) is 0 Å². The molecular weight excluding hydrogens is 346 g/mol. The smallest absolute Gasteiger partial charge is 0.224 e. The van der Waals surface area contributed by atoms with Crippen LogP contribution in [0, 0.1) is 23.2 Å². The molecule has 4 heteroatoms. The summed E-state index contributed by atoms with van der Waals surface area (Å²) in [4.78, 5) is 18.0. The molecule has 5 aliphatic rings. The summed E-state index contributed by atoms with van der Waals surface area (Å²) in [5, 5.41) is 3.31. The van der Waals surface area contributed by atoms with Gasteiger partial charge in [0, 0.05) is 32.6 Å². The average Bonchev–Trinajstić information content (AvgIpc) is 2.67. The summed E-state index contributed by atoms with van der Waals surface area (Å²) in [6.45, 7) is 7.63. The van der Waals surface area contributed by atoms with Crippen LogP contribution in [0.5, 0.6) is 0 Å². The van der Waals surface area contributed by atoms with Crippen molar-refractivity contribution < 1.29 is 4.79 Å². The van der Waals surface area contributed by atoms with Crippen molar-refractivity contribution in [3.05, 3.63) is 24.3 Å². The van der Waals surface area contributed by atoms with E-state index in [4.69, 9.17) is 0 Å². The molecule has 4 nitrogen and oxygen atoms in total. The first-order chi connectivity index (χ1) is 13.6. The number of piperazine rings is 1. The fourth-order valence-electron chi connectivity index (χ4n) is 7.20. The summed E-state index contributed by atoms with van der Waals surface area (Å²) in [7, 11) is 0. The molecule has 5 fully saturated rings. The number of nitrogens with one attached hydrogen (secondary N) is 1. The molecule has 0 radical (unpaired) electrons. The topological polar surface area (TPSA) is 35.6 Å². The van der Waals surface area contributed by atoms with Crippen LogP contribution in [0.3, 0.4) is 0 Å². The molecule has 0 aromatic heterocycles. The van der Waals surface area contributed by atoms with E-state index in [0.717, 1.165) is 62.6 Å². The van der Waals surface area contributed by atoms with Gasteiger partial charge in [-0.15, -0.1) is 0 Å². The highest BCUT2D eigenvalue weighted by Crippen LogP contribution is 2.61. The lowest BCUT2D eigenvalue weighted by molar-refractivity contribution is -0.124. The summed E-state index contributed by atoms with van der Waals surface area (Å²) >= 11 is 0. The summed E-state index contributed by atoms with van der Waals surface area (Å²) in [5.74, 6) is 2.95. The molecule has 1 heterocycles. The van der Waals surface area contributed by atoms with Gasteiger partial charge in [0.1, 0.15) is 0 Å². The van der Waals surface area contributed by atoms with E-state index in [0.29, 0.717) is 5.41 Å². The van der Waals surface area contributed by atoms with Gasteiger partial charge in [-0.3, -0.25) is 4.79 Å². The van der Waals surface area contributed by atoms with E-state index in [-0.39, 0.29) is 5.91 Å². The minimum atomic E-state index is 0.238. The monoisotopic (exact) mass is 381 g/mol. The molecule has 4 saturated carbocycles. The van der Waals surface area contributed by atoms with Gasteiger partial charge >= 0.3 is 0 Å². The van der Waals surface area contributed by atoms with Crippen molar-refractivity contribution in [2.24, 2.45) is 23.2 Å². The van der Waals surface area contributed by atoms with Crippen LogP contribution in [0.1, 0.15) is 51.9 Å². The number of carbonyl (C=O) groups is 1. The van der Waals surface area contributed by atoms with Crippen LogP contribution < -0.4 is 10.2 Å². The molecule has 1 amide bonds. The standard InChI is InChI=1S/C24H35N3O/c1-2-26-7-9-27(10-8-26)22-6-4-3-5-21(22)25-23(28)17-24-14-18-11-19(15-24)13-20(12-18)16-24/h3-6,18-20H,2,7-17H2,1H3,(H,25,28). The van der Waals surface area contributed by atoms with Gasteiger partial charge < -0.3 is 15.1 Å². The Kier molecular flexibility index (Phi) is 4.86. The third-order valence-corrected chi connectivity index (χ3v) is 8.04. The van der Waals surface area contributed by atoms with E-state index in [1.807, 2.05) is 6.07 Å². The van der Waals surface area contributed by atoms with Crippen molar-refractivity contribution in [1.82, 2.24) is 4.90 Å². The molecular formula is C24H35N3O. The molecule has 6 rings (SSSR count). The number of carbonyl (C=O) groups excluding carboxylic acids is 1. The van der Waals surface area contributed by atoms with Gasteiger partial charge in [0.25, 0.3) is 0 Å². The Hall–Kier alpha value is -1.55. The number of nitrogens with zero attached hydrogens (tertiary/aromatic N) is 2. The maximum atomic E-state index is 13.1. The second-order valence-electron chi connectivity index (χ2n) is 10.1. The number of rotatable bonds is 5. The molecule has 0 unspecified atom stereocenters.